The van der Waals surface area contributed by atoms with Crippen LogP contribution in [0.4, 0.5) is 0 Å². The van der Waals surface area contributed by atoms with E-state index in [0.29, 0.717) is 5.65 Å². The van der Waals surface area contributed by atoms with E-state index in [1.807, 2.05) is 0 Å². The van der Waals surface area contributed by atoms with Crippen LogP contribution in [0.2, 0.25) is 0 Å². The highest BCUT2D eigenvalue weighted by atomic mass is 16.3. The highest BCUT2D eigenvalue weighted by Crippen LogP contribution is 2.27. The lowest BCUT2D eigenvalue weighted by atomic mass is 9.88. The molecule has 0 aliphatic carbocycles. The van der Waals surface area contributed by atoms with Crippen molar-refractivity contribution in [2.45, 2.75) is 32.8 Å². The van der Waals surface area contributed by atoms with Gasteiger partial charge in [-0.3, -0.25) is 4.98 Å². The van der Waals surface area contributed by atoms with E-state index in [2.05, 4.69) is 34.4 Å². The zero-order chi connectivity index (χ0) is 11.7. The molecule has 0 aliphatic heterocycles. The maximum absolute atomic E-state index is 9.82. The van der Waals surface area contributed by atoms with E-state index in [9.17, 15) is 5.11 Å². The molecular weight excluding hydrogens is 206 g/mol. The highest BCUT2D eigenvalue weighted by molar-refractivity contribution is 5.33. The first-order chi connectivity index (χ1) is 7.61. The minimum Gasteiger partial charge on any atom is -0.393 e. The Kier molecular flexibility index (Phi) is 2.82. The summed E-state index contributed by atoms with van der Waals surface area (Å²) in [4.78, 5) is 4.10. The number of hydrogen-bond acceptors (Lipinski definition) is 5. The lowest BCUT2D eigenvalue weighted by Crippen LogP contribution is -2.23. The maximum atomic E-state index is 9.82. The molecule has 16 heavy (non-hydrogen) atoms. The molecule has 2 heterocycles. The fraction of sp³-hybridized carbons (Fsp3) is 0.600. The molecule has 0 bridgehead atoms. The van der Waals surface area contributed by atoms with Crippen molar-refractivity contribution < 1.29 is 5.11 Å². The van der Waals surface area contributed by atoms with Crippen LogP contribution >= 0.6 is 0 Å². The van der Waals surface area contributed by atoms with E-state index in [4.69, 9.17) is 0 Å². The SMILES string of the molecule is CC(C)C(c1cncc2nnnn12)C(C)O. The van der Waals surface area contributed by atoms with Crippen LogP contribution < -0.4 is 0 Å². The highest BCUT2D eigenvalue weighted by Gasteiger charge is 2.24. The standard InChI is InChI=1S/C10H15N5O/c1-6(2)10(7(3)16)8-4-11-5-9-12-13-14-15(8)9/h4-7,10,16H,1-3H3. The Morgan fingerprint density at radius 3 is 2.62 bits per heavy atom. The molecule has 6 heteroatoms. The Hall–Kier alpha value is -1.56. The molecule has 6 nitrogen and oxygen atoms in total. The first-order valence-electron chi connectivity index (χ1n) is 5.31. The van der Waals surface area contributed by atoms with Crippen LogP contribution in [0.1, 0.15) is 32.4 Å². The van der Waals surface area contributed by atoms with Crippen LogP contribution in [0.5, 0.6) is 0 Å². The maximum Gasteiger partial charge on any atom is 0.197 e. The summed E-state index contributed by atoms with van der Waals surface area (Å²) in [5.74, 6) is 0.260. The third-order valence-electron chi connectivity index (χ3n) is 2.71. The number of nitrogens with zero attached hydrogens (tertiary/aromatic N) is 5. The van der Waals surface area contributed by atoms with Gasteiger partial charge in [0.1, 0.15) is 0 Å². The van der Waals surface area contributed by atoms with Gasteiger partial charge < -0.3 is 5.11 Å². The number of aromatic nitrogens is 5. The second kappa shape index (κ2) is 4.13. The summed E-state index contributed by atoms with van der Waals surface area (Å²) in [6, 6.07) is 0. The summed E-state index contributed by atoms with van der Waals surface area (Å²) in [6.07, 6.45) is 2.85. The summed E-state index contributed by atoms with van der Waals surface area (Å²) in [5, 5.41) is 21.2. The fourth-order valence-electron chi connectivity index (χ4n) is 2.07. The van der Waals surface area contributed by atoms with Gasteiger partial charge in [0, 0.05) is 12.1 Å². The van der Waals surface area contributed by atoms with Crippen molar-refractivity contribution in [1.29, 1.82) is 0 Å². The zero-order valence-corrected chi connectivity index (χ0v) is 9.57. The molecule has 2 rings (SSSR count). The van der Waals surface area contributed by atoms with E-state index in [-0.39, 0.29) is 11.8 Å². The van der Waals surface area contributed by atoms with Gasteiger partial charge >= 0.3 is 0 Å². The van der Waals surface area contributed by atoms with Gasteiger partial charge in [-0.15, -0.1) is 5.10 Å². The third-order valence-corrected chi connectivity index (χ3v) is 2.71. The fourth-order valence-corrected chi connectivity index (χ4v) is 2.07. The second-order valence-electron chi connectivity index (χ2n) is 4.29. The molecule has 0 radical (unpaired) electrons. The average molecular weight is 221 g/mol. The van der Waals surface area contributed by atoms with Crippen molar-refractivity contribution in [1.82, 2.24) is 25.0 Å². The first kappa shape index (κ1) is 10.9. The normalized spacial score (nSPS) is 15.6. The van der Waals surface area contributed by atoms with Gasteiger partial charge in [-0.1, -0.05) is 13.8 Å². The number of fused-ring (bicyclic) bond motifs is 1. The van der Waals surface area contributed by atoms with Crippen molar-refractivity contribution in [3.63, 3.8) is 0 Å². The summed E-state index contributed by atoms with van der Waals surface area (Å²) in [7, 11) is 0. The quantitative estimate of drug-likeness (QED) is 0.823. The first-order valence-corrected chi connectivity index (χ1v) is 5.31. The van der Waals surface area contributed by atoms with Crippen LogP contribution in [0.15, 0.2) is 12.4 Å². The number of rotatable bonds is 3. The Morgan fingerprint density at radius 1 is 1.25 bits per heavy atom. The summed E-state index contributed by atoms with van der Waals surface area (Å²) in [5.41, 5.74) is 1.44. The number of hydrogen-bond donors (Lipinski definition) is 1. The lowest BCUT2D eigenvalue weighted by Gasteiger charge is -2.23. The van der Waals surface area contributed by atoms with Crippen molar-refractivity contribution in [2.24, 2.45) is 5.92 Å². The third kappa shape index (κ3) is 1.76. The molecular formula is C10H15N5O. The molecule has 0 fully saturated rings. The molecule has 0 amide bonds. The van der Waals surface area contributed by atoms with Gasteiger partial charge in [0.2, 0.25) is 0 Å². The Balaban J connectivity index is 2.56. The minimum atomic E-state index is -0.461. The van der Waals surface area contributed by atoms with Gasteiger partial charge in [0.25, 0.3) is 0 Å². The predicted molar refractivity (Wildman–Crippen MR) is 57.8 cm³/mol. The number of aliphatic hydroxyl groups excluding tert-OH is 1. The monoisotopic (exact) mass is 221 g/mol. The summed E-state index contributed by atoms with van der Waals surface area (Å²) < 4.78 is 1.63. The van der Waals surface area contributed by atoms with Crippen LogP contribution in [0, 0.1) is 5.92 Å². The predicted octanol–water partition coefficient (Wildman–Crippen LogP) is 0.640. The molecule has 0 saturated carbocycles. The lowest BCUT2D eigenvalue weighted by molar-refractivity contribution is 0.136. The smallest absolute Gasteiger partial charge is 0.197 e. The van der Waals surface area contributed by atoms with Crippen molar-refractivity contribution in [3.05, 3.63) is 18.1 Å². The van der Waals surface area contributed by atoms with Crippen LogP contribution in [0.25, 0.3) is 5.65 Å². The van der Waals surface area contributed by atoms with Gasteiger partial charge in [-0.05, 0) is 23.3 Å². The van der Waals surface area contributed by atoms with Crippen molar-refractivity contribution in [2.75, 3.05) is 0 Å². The largest absolute Gasteiger partial charge is 0.393 e. The second-order valence-corrected chi connectivity index (χ2v) is 4.29. The van der Waals surface area contributed by atoms with Gasteiger partial charge in [0.05, 0.1) is 18.0 Å². The topological polar surface area (TPSA) is 76.2 Å². The van der Waals surface area contributed by atoms with E-state index >= 15 is 0 Å². The van der Waals surface area contributed by atoms with Crippen LogP contribution in [0.3, 0.4) is 0 Å². The average Bonchev–Trinajstić information content (AvgIpc) is 2.65. The van der Waals surface area contributed by atoms with E-state index in [1.165, 1.54) is 0 Å². The molecule has 0 aliphatic rings. The molecule has 2 aromatic heterocycles. The van der Waals surface area contributed by atoms with Crippen LogP contribution in [-0.4, -0.2) is 36.2 Å². The molecule has 2 aromatic rings. The summed E-state index contributed by atoms with van der Waals surface area (Å²) in [6.45, 7) is 5.88. The minimum absolute atomic E-state index is 0.0281. The molecule has 0 aromatic carbocycles. The molecule has 2 unspecified atom stereocenters. The Bertz CT molecular complexity index is 471. The Morgan fingerprint density at radius 2 is 2.00 bits per heavy atom. The molecule has 0 spiro atoms. The number of aliphatic hydroxyl groups is 1. The van der Waals surface area contributed by atoms with Crippen molar-refractivity contribution in [3.8, 4) is 0 Å². The van der Waals surface area contributed by atoms with E-state index < -0.39 is 6.10 Å². The zero-order valence-electron chi connectivity index (χ0n) is 9.57. The molecule has 1 N–H and O–H groups in total. The summed E-state index contributed by atoms with van der Waals surface area (Å²) >= 11 is 0. The Labute approximate surface area is 93.3 Å². The van der Waals surface area contributed by atoms with Gasteiger partial charge in [-0.2, -0.15) is 4.52 Å². The van der Waals surface area contributed by atoms with E-state index in [1.54, 1.807) is 23.8 Å². The molecule has 0 saturated heterocycles. The van der Waals surface area contributed by atoms with Crippen molar-refractivity contribution >= 4 is 5.65 Å². The molecule has 2 atom stereocenters. The van der Waals surface area contributed by atoms with Gasteiger partial charge in [-0.25, -0.2) is 0 Å². The number of tetrazole rings is 1. The van der Waals surface area contributed by atoms with E-state index in [0.717, 1.165) is 5.69 Å². The van der Waals surface area contributed by atoms with Gasteiger partial charge in [0.15, 0.2) is 5.65 Å². The molecule has 86 valence electrons. The van der Waals surface area contributed by atoms with Crippen LogP contribution in [-0.2, 0) is 0 Å².